The summed E-state index contributed by atoms with van der Waals surface area (Å²) in [6.07, 6.45) is 1.61. The van der Waals surface area contributed by atoms with Gasteiger partial charge in [-0.15, -0.1) is 23.7 Å². The van der Waals surface area contributed by atoms with Crippen molar-refractivity contribution in [2.45, 2.75) is 24.9 Å². The second-order valence-electron chi connectivity index (χ2n) is 6.07. The third-order valence-electron chi connectivity index (χ3n) is 4.62. The highest BCUT2D eigenvalue weighted by Gasteiger charge is 2.46. The molecular formula is C17H19Cl2N3OS. The zero-order valence-electron chi connectivity index (χ0n) is 13.0. The summed E-state index contributed by atoms with van der Waals surface area (Å²) in [5.41, 5.74) is 1.50. The number of benzene rings is 1. The molecule has 4 nitrogen and oxygen atoms in total. The third-order valence-corrected chi connectivity index (χ3v) is 5.84. The van der Waals surface area contributed by atoms with Crippen LogP contribution >= 0.6 is 35.3 Å². The number of anilines is 2. The Labute approximate surface area is 156 Å². The zero-order valence-corrected chi connectivity index (χ0v) is 15.4. The topological polar surface area (TPSA) is 44.4 Å². The van der Waals surface area contributed by atoms with Crippen LogP contribution in [0.3, 0.4) is 0 Å². The first-order valence-electron chi connectivity index (χ1n) is 7.82. The lowest BCUT2D eigenvalue weighted by Crippen LogP contribution is -2.61. The molecule has 0 bridgehead atoms. The number of hydrogen-bond donors (Lipinski definition) is 2. The van der Waals surface area contributed by atoms with Gasteiger partial charge in [0, 0.05) is 4.88 Å². The molecule has 1 aromatic heterocycles. The highest BCUT2D eigenvalue weighted by Crippen LogP contribution is 2.40. The smallest absolute Gasteiger partial charge is 0.253 e. The van der Waals surface area contributed by atoms with Crippen molar-refractivity contribution in [3.63, 3.8) is 0 Å². The van der Waals surface area contributed by atoms with Gasteiger partial charge in [0.1, 0.15) is 5.54 Å². The molecule has 0 atom stereocenters. The van der Waals surface area contributed by atoms with Gasteiger partial charge in [0.05, 0.1) is 22.3 Å². The zero-order chi connectivity index (χ0) is 15.9. The molecule has 1 amide bonds. The molecule has 0 aliphatic carbocycles. The van der Waals surface area contributed by atoms with Crippen molar-refractivity contribution in [1.29, 1.82) is 0 Å². The van der Waals surface area contributed by atoms with Crippen molar-refractivity contribution in [1.82, 2.24) is 5.32 Å². The molecule has 1 spiro atoms. The standard InChI is InChI=1S/C17H18ClN3OS.ClH/c18-15-6-5-12(23-15)11-21-14-4-2-1-3-13(14)20-17(16(21)22)7-9-19-10-8-17;/h1-6,19-20H,7-11H2;1H. The molecule has 1 saturated heterocycles. The molecule has 2 aromatic rings. The van der Waals surface area contributed by atoms with E-state index < -0.39 is 5.54 Å². The fourth-order valence-electron chi connectivity index (χ4n) is 3.44. The first kappa shape index (κ1) is 17.5. The number of carbonyl (C=O) groups is 1. The molecular weight excluding hydrogens is 365 g/mol. The average Bonchev–Trinajstić information content (AvgIpc) is 2.98. The van der Waals surface area contributed by atoms with Crippen molar-refractivity contribution < 1.29 is 4.79 Å². The molecule has 0 radical (unpaired) electrons. The number of rotatable bonds is 2. The van der Waals surface area contributed by atoms with Crippen LogP contribution in [0.15, 0.2) is 36.4 Å². The number of hydrogen-bond acceptors (Lipinski definition) is 4. The molecule has 1 fully saturated rings. The summed E-state index contributed by atoms with van der Waals surface area (Å²) in [5.74, 6) is 0.169. The lowest BCUT2D eigenvalue weighted by atomic mass is 9.84. The van der Waals surface area contributed by atoms with Crippen molar-refractivity contribution in [3.05, 3.63) is 45.6 Å². The van der Waals surface area contributed by atoms with Crippen LogP contribution < -0.4 is 15.5 Å². The van der Waals surface area contributed by atoms with Crippen LogP contribution in [0.1, 0.15) is 17.7 Å². The number of halogens is 2. The Bertz CT molecular complexity index is 743. The molecule has 3 heterocycles. The average molecular weight is 384 g/mol. The number of fused-ring (bicyclic) bond motifs is 1. The second kappa shape index (κ2) is 6.92. The lowest BCUT2D eigenvalue weighted by Gasteiger charge is -2.45. The first-order chi connectivity index (χ1) is 11.2. The maximum absolute atomic E-state index is 13.3. The predicted octanol–water partition coefficient (Wildman–Crippen LogP) is 3.90. The number of para-hydroxylation sites is 2. The summed E-state index contributed by atoms with van der Waals surface area (Å²) in [7, 11) is 0. The summed E-state index contributed by atoms with van der Waals surface area (Å²) in [5, 5.41) is 6.87. The number of thiophene rings is 1. The van der Waals surface area contributed by atoms with Gasteiger partial charge < -0.3 is 15.5 Å². The van der Waals surface area contributed by atoms with Crippen LogP contribution in [-0.2, 0) is 11.3 Å². The van der Waals surface area contributed by atoms with Gasteiger partial charge >= 0.3 is 0 Å². The van der Waals surface area contributed by atoms with Gasteiger partial charge in [0.15, 0.2) is 0 Å². The Hall–Kier alpha value is -1.27. The van der Waals surface area contributed by atoms with E-state index in [-0.39, 0.29) is 18.3 Å². The van der Waals surface area contributed by atoms with E-state index in [0.717, 1.165) is 46.5 Å². The Morgan fingerprint density at radius 3 is 2.62 bits per heavy atom. The molecule has 4 rings (SSSR count). The van der Waals surface area contributed by atoms with Crippen molar-refractivity contribution in [2.75, 3.05) is 23.3 Å². The molecule has 0 unspecified atom stereocenters. The van der Waals surface area contributed by atoms with Crippen LogP contribution in [-0.4, -0.2) is 24.5 Å². The fourth-order valence-corrected chi connectivity index (χ4v) is 4.51. The van der Waals surface area contributed by atoms with Crippen molar-refractivity contribution in [3.8, 4) is 0 Å². The van der Waals surface area contributed by atoms with Gasteiger partial charge in [-0.25, -0.2) is 0 Å². The van der Waals surface area contributed by atoms with Crippen LogP contribution in [0.2, 0.25) is 4.34 Å². The molecule has 24 heavy (non-hydrogen) atoms. The van der Waals surface area contributed by atoms with E-state index in [1.165, 1.54) is 11.3 Å². The minimum atomic E-state index is -0.485. The molecule has 2 aliphatic rings. The summed E-state index contributed by atoms with van der Waals surface area (Å²) in [6, 6.07) is 11.9. The van der Waals surface area contributed by atoms with Crippen LogP contribution in [0, 0.1) is 0 Å². The van der Waals surface area contributed by atoms with Gasteiger partial charge in [-0.05, 0) is 50.2 Å². The van der Waals surface area contributed by atoms with E-state index in [2.05, 4.69) is 16.7 Å². The Balaban J connectivity index is 0.00000169. The van der Waals surface area contributed by atoms with E-state index in [9.17, 15) is 4.79 Å². The third kappa shape index (κ3) is 3.02. The fraction of sp³-hybridized carbons (Fsp3) is 0.353. The van der Waals surface area contributed by atoms with E-state index >= 15 is 0 Å². The van der Waals surface area contributed by atoms with Crippen molar-refractivity contribution in [2.24, 2.45) is 0 Å². The molecule has 7 heteroatoms. The number of piperidine rings is 1. The summed E-state index contributed by atoms with van der Waals surface area (Å²) >= 11 is 7.58. The van der Waals surface area contributed by atoms with E-state index in [1.807, 2.05) is 35.2 Å². The minimum absolute atomic E-state index is 0. The lowest BCUT2D eigenvalue weighted by molar-refractivity contribution is -0.124. The van der Waals surface area contributed by atoms with Gasteiger partial charge in [-0.3, -0.25) is 4.79 Å². The van der Waals surface area contributed by atoms with Gasteiger partial charge in [0.25, 0.3) is 5.91 Å². The summed E-state index contributed by atoms with van der Waals surface area (Å²) in [4.78, 5) is 16.3. The van der Waals surface area contributed by atoms with Gasteiger partial charge in [0.2, 0.25) is 0 Å². The SMILES string of the molecule is Cl.O=C1N(Cc2ccc(Cl)s2)c2ccccc2NC12CCNCC2. The maximum Gasteiger partial charge on any atom is 0.253 e. The Morgan fingerprint density at radius 2 is 1.92 bits per heavy atom. The molecule has 128 valence electrons. The van der Waals surface area contributed by atoms with Crippen molar-refractivity contribution >= 4 is 52.6 Å². The molecule has 2 N–H and O–H groups in total. The van der Waals surface area contributed by atoms with E-state index in [4.69, 9.17) is 11.6 Å². The number of nitrogens with zero attached hydrogens (tertiary/aromatic N) is 1. The number of carbonyl (C=O) groups excluding carboxylic acids is 1. The second-order valence-corrected chi connectivity index (χ2v) is 7.87. The highest BCUT2D eigenvalue weighted by atomic mass is 35.5. The number of amides is 1. The molecule has 2 aliphatic heterocycles. The summed E-state index contributed by atoms with van der Waals surface area (Å²) in [6.45, 7) is 2.29. The normalized spacial score (nSPS) is 18.7. The van der Waals surface area contributed by atoms with E-state index in [0.29, 0.717) is 6.54 Å². The van der Waals surface area contributed by atoms with Gasteiger partial charge in [-0.1, -0.05) is 23.7 Å². The largest absolute Gasteiger partial charge is 0.369 e. The molecule has 1 aromatic carbocycles. The maximum atomic E-state index is 13.3. The monoisotopic (exact) mass is 383 g/mol. The quantitative estimate of drug-likeness (QED) is 0.826. The van der Waals surface area contributed by atoms with Crippen LogP contribution in [0.25, 0.3) is 0 Å². The molecule has 0 saturated carbocycles. The van der Waals surface area contributed by atoms with E-state index in [1.54, 1.807) is 0 Å². The predicted molar refractivity (Wildman–Crippen MR) is 103 cm³/mol. The number of nitrogens with one attached hydrogen (secondary N) is 2. The van der Waals surface area contributed by atoms with Crippen LogP contribution in [0.5, 0.6) is 0 Å². The van der Waals surface area contributed by atoms with Gasteiger partial charge in [-0.2, -0.15) is 0 Å². The highest BCUT2D eigenvalue weighted by molar-refractivity contribution is 7.16. The Morgan fingerprint density at radius 1 is 1.17 bits per heavy atom. The minimum Gasteiger partial charge on any atom is -0.369 e. The first-order valence-corrected chi connectivity index (χ1v) is 9.02. The Kier molecular flexibility index (Phi) is 5.06. The van der Waals surface area contributed by atoms with Crippen LogP contribution in [0.4, 0.5) is 11.4 Å². The summed E-state index contributed by atoms with van der Waals surface area (Å²) < 4.78 is 0.757.